The molecule has 0 amide bonds. The lowest BCUT2D eigenvalue weighted by Crippen LogP contribution is -2.17. The van der Waals surface area contributed by atoms with Crippen LogP contribution in [0.1, 0.15) is 21.8 Å². The van der Waals surface area contributed by atoms with E-state index >= 15 is 0 Å². The number of nitrogens with one attached hydrogen (secondary N) is 2. The van der Waals surface area contributed by atoms with Gasteiger partial charge in [-0.2, -0.15) is 18.3 Å². The zero-order valence-corrected chi connectivity index (χ0v) is 9.43. The largest absolute Gasteiger partial charge is 0.443 e. The molecule has 0 fully saturated rings. The van der Waals surface area contributed by atoms with Crippen LogP contribution in [0.2, 0.25) is 0 Å². The Bertz CT molecular complexity index is 478. The van der Waals surface area contributed by atoms with E-state index in [0.717, 1.165) is 0 Å². The number of hydrogen-bond acceptors (Lipinski definition) is 5. The number of aromatic nitrogens is 4. The molecule has 0 aliphatic rings. The van der Waals surface area contributed by atoms with Crippen molar-refractivity contribution in [3.8, 4) is 0 Å². The molecule has 2 aromatic rings. The van der Waals surface area contributed by atoms with Crippen LogP contribution in [0.15, 0.2) is 12.5 Å². The fraction of sp³-hybridized carbons (Fsp3) is 0.375. The summed E-state index contributed by atoms with van der Waals surface area (Å²) in [5, 5.41) is 8.25. The van der Waals surface area contributed by atoms with Crippen LogP contribution in [-0.4, -0.2) is 27.2 Å². The second-order valence-corrected chi connectivity index (χ2v) is 4.22. The van der Waals surface area contributed by atoms with Crippen molar-refractivity contribution < 1.29 is 13.2 Å². The number of thiazole rings is 1. The van der Waals surface area contributed by atoms with Gasteiger partial charge in [-0.15, -0.1) is 11.3 Å². The molecule has 0 aliphatic carbocycles. The Morgan fingerprint density at radius 3 is 2.65 bits per heavy atom. The van der Waals surface area contributed by atoms with Crippen LogP contribution in [-0.2, 0) is 6.18 Å². The van der Waals surface area contributed by atoms with Gasteiger partial charge in [-0.25, -0.2) is 9.97 Å². The van der Waals surface area contributed by atoms with Crippen molar-refractivity contribution in [1.82, 2.24) is 25.5 Å². The maximum Gasteiger partial charge on any atom is 0.443 e. The Morgan fingerprint density at radius 1 is 1.41 bits per heavy atom. The number of alkyl halides is 3. The molecule has 0 spiro atoms. The van der Waals surface area contributed by atoms with Crippen LogP contribution in [0.4, 0.5) is 13.2 Å². The van der Waals surface area contributed by atoms with Crippen molar-refractivity contribution in [2.45, 2.75) is 12.2 Å². The summed E-state index contributed by atoms with van der Waals surface area (Å²) in [6, 6.07) is -0.467. The van der Waals surface area contributed by atoms with Gasteiger partial charge in [-0.1, -0.05) is 0 Å². The Balaban J connectivity index is 2.30. The van der Waals surface area contributed by atoms with Gasteiger partial charge < -0.3 is 5.32 Å². The number of rotatable bonds is 3. The van der Waals surface area contributed by atoms with Crippen LogP contribution in [0.25, 0.3) is 0 Å². The fourth-order valence-electron chi connectivity index (χ4n) is 1.32. The molecule has 0 radical (unpaired) electrons. The minimum atomic E-state index is -4.41. The molecule has 5 nitrogen and oxygen atoms in total. The summed E-state index contributed by atoms with van der Waals surface area (Å²) < 4.78 is 37.2. The van der Waals surface area contributed by atoms with E-state index in [1.54, 1.807) is 7.05 Å². The Hall–Kier alpha value is -1.48. The maximum atomic E-state index is 12.4. The third-order valence-corrected chi connectivity index (χ3v) is 3.15. The molecule has 0 aliphatic heterocycles. The van der Waals surface area contributed by atoms with E-state index in [9.17, 15) is 13.2 Å². The lowest BCUT2D eigenvalue weighted by atomic mass is 10.2. The van der Waals surface area contributed by atoms with Crippen molar-refractivity contribution in [3.05, 3.63) is 28.2 Å². The number of hydrogen-bond donors (Lipinski definition) is 2. The number of halogens is 3. The first-order valence-corrected chi connectivity index (χ1v) is 5.39. The second kappa shape index (κ2) is 4.41. The molecular weight excluding hydrogens is 255 g/mol. The van der Waals surface area contributed by atoms with Gasteiger partial charge in [-0.3, -0.25) is 5.10 Å². The van der Waals surface area contributed by atoms with Gasteiger partial charge in [0.15, 0.2) is 5.01 Å². The van der Waals surface area contributed by atoms with Crippen molar-refractivity contribution in [2.75, 3.05) is 7.05 Å². The van der Waals surface area contributed by atoms with Gasteiger partial charge in [0.05, 0.1) is 0 Å². The highest BCUT2D eigenvalue weighted by Crippen LogP contribution is 2.35. The highest BCUT2D eigenvalue weighted by Gasteiger charge is 2.35. The predicted molar refractivity (Wildman–Crippen MR) is 54.4 cm³/mol. The molecule has 0 aromatic carbocycles. The van der Waals surface area contributed by atoms with Gasteiger partial charge in [0.25, 0.3) is 0 Å². The molecule has 92 valence electrons. The molecule has 1 atom stereocenters. The zero-order valence-electron chi connectivity index (χ0n) is 8.62. The monoisotopic (exact) mass is 263 g/mol. The molecule has 0 saturated carbocycles. The van der Waals surface area contributed by atoms with E-state index in [1.165, 1.54) is 12.5 Å². The highest BCUT2D eigenvalue weighted by atomic mass is 32.1. The molecule has 17 heavy (non-hydrogen) atoms. The SMILES string of the molecule is CNC(c1ncn[nH]1)c1cnc(C(F)(F)F)s1. The average molecular weight is 263 g/mol. The van der Waals surface area contributed by atoms with E-state index in [-0.39, 0.29) is 0 Å². The van der Waals surface area contributed by atoms with Gasteiger partial charge in [0, 0.05) is 11.1 Å². The summed E-state index contributed by atoms with van der Waals surface area (Å²) in [6.07, 6.45) is -1.93. The van der Waals surface area contributed by atoms with Gasteiger partial charge in [-0.05, 0) is 7.05 Å². The topological polar surface area (TPSA) is 66.5 Å². The minimum absolute atomic E-state index is 0.427. The number of aromatic amines is 1. The summed E-state index contributed by atoms with van der Waals surface area (Å²) >= 11 is 0.584. The lowest BCUT2D eigenvalue weighted by Gasteiger charge is -2.09. The Morgan fingerprint density at radius 2 is 2.18 bits per heavy atom. The van der Waals surface area contributed by atoms with E-state index in [0.29, 0.717) is 22.0 Å². The summed E-state index contributed by atoms with van der Waals surface area (Å²) in [6.45, 7) is 0. The first-order valence-electron chi connectivity index (χ1n) is 4.58. The zero-order chi connectivity index (χ0) is 12.5. The van der Waals surface area contributed by atoms with Crippen LogP contribution in [0, 0.1) is 0 Å². The quantitative estimate of drug-likeness (QED) is 0.882. The molecule has 2 rings (SSSR count). The van der Waals surface area contributed by atoms with E-state index in [2.05, 4.69) is 25.5 Å². The van der Waals surface area contributed by atoms with Gasteiger partial charge in [0.1, 0.15) is 18.2 Å². The Kier molecular flexibility index (Phi) is 3.11. The van der Waals surface area contributed by atoms with E-state index in [4.69, 9.17) is 0 Å². The second-order valence-electron chi connectivity index (χ2n) is 3.16. The smallest absolute Gasteiger partial charge is 0.306 e. The normalized spacial score (nSPS) is 13.9. The summed E-state index contributed by atoms with van der Waals surface area (Å²) in [5.41, 5.74) is 0. The molecule has 2 N–H and O–H groups in total. The van der Waals surface area contributed by atoms with Crippen molar-refractivity contribution in [2.24, 2.45) is 0 Å². The third kappa shape index (κ3) is 2.44. The van der Waals surface area contributed by atoms with Crippen molar-refractivity contribution in [3.63, 3.8) is 0 Å². The predicted octanol–water partition coefficient (Wildman–Crippen LogP) is 1.59. The maximum absolute atomic E-state index is 12.4. The molecule has 0 bridgehead atoms. The van der Waals surface area contributed by atoms with Gasteiger partial charge >= 0.3 is 6.18 Å². The third-order valence-electron chi connectivity index (χ3n) is 2.05. The number of H-pyrrole nitrogens is 1. The van der Waals surface area contributed by atoms with Crippen molar-refractivity contribution >= 4 is 11.3 Å². The molecule has 2 aromatic heterocycles. The van der Waals surface area contributed by atoms with Gasteiger partial charge in [0.2, 0.25) is 0 Å². The van der Waals surface area contributed by atoms with Crippen LogP contribution in [0.3, 0.4) is 0 Å². The molecule has 0 saturated heterocycles. The minimum Gasteiger partial charge on any atom is -0.306 e. The number of nitrogens with zero attached hydrogens (tertiary/aromatic N) is 3. The van der Waals surface area contributed by atoms with Crippen molar-refractivity contribution in [1.29, 1.82) is 0 Å². The molecule has 2 heterocycles. The highest BCUT2D eigenvalue weighted by molar-refractivity contribution is 7.11. The molecular formula is C8H8F3N5S. The first kappa shape index (κ1) is 12.0. The van der Waals surface area contributed by atoms with Crippen LogP contribution >= 0.6 is 11.3 Å². The molecule has 9 heteroatoms. The average Bonchev–Trinajstić information content (AvgIpc) is 2.87. The Labute approximate surface area is 98.1 Å². The lowest BCUT2D eigenvalue weighted by molar-refractivity contribution is -0.137. The standard InChI is InChI=1S/C8H8F3N5S/c1-12-5(6-14-3-15-16-6)4-2-13-7(17-4)8(9,10)11/h2-3,5,12H,1H3,(H,14,15,16). The fourth-order valence-corrected chi connectivity index (χ4v) is 2.22. The van der Waals surface area contributed by atoms with E-state index < -0.39 is 17.2 Å². The van der Waals surface area contributed by atoms with Crippen LogP contribution < -0.4 is 5.32 Å². The summed E-state index contributed by atoms with van der Waals surface area (Å²) in [7, 11) is 1.63. The molecule has 1 unspecified atom stereocenters. The van der Waals surface area contributed by atoms with E-state index in [1.807, 2.05) is 0 Å². The first-order chi connectivity index (χ1) is 8.02. The summed E-state index contributed by atoms with van der Waals surface area (Å²) in [4.78, 5) is 7.69. The van der Waals surface area contributed by atoms with Crippen LogP contribution in [0.5, 0.6) is 0 Å². The summed E-state index contributed by atoms with van der Waals surface area (Å²) in [5.74, 6) is 0.449.